The molecule has 2 aromatic heterocycles. The van der Waals surface area contributed by atoms with Crippen molar-refractivity contribution in [3.8, 4) is 33.6 Å². The second kappa shape index (κ2) is 10.6. The van der Waals surface area contributed by atoms with Gasteiger partial charge in [0.15, 0.2) is 0 Å². The van der Waals surface area contributed by atoms with E-state index in [1.807, 2.05) is 0 Å². The van der Waals surface area contributed by atoms with Gasteiger partial charge in [-0.25, -0.2) is 0 Å². The van der Waals surface area contributed by atoms with Crippen LogP contribution < -0.4 is 0 Å². The van der Waals surface area contributed by atoms with Crippen molar-refractivity contribution in [3.63, 3.8) is 0 Å². The first-order valence-corrected chi connectivity index (χ1v) is 18.7. The van der Waals surface area contributed by atoms with Crippen LogP contribution in [-0.2, 0) is 27.1 Å². The quantitative estimate of drug-likeness (QED) is 0.187. The predicted molar refractivity (Wildman–Crippen MR) is 212 cm³/mol. The SMILES string of the molecule is CC1(C)CC(C)(C)c2cc(-c3cccc(C4(c5cccc(-c6ccc7c(c6)C(C)(C)CC7(C)C)n5)c5ccccc5-c5ccccc54)n3)ccc21. The third-order valence-electron chi connectivity index (χ3n) is 12.5. The van der Waals surface area contributed by atoms with Gasteiger partial charge in [-0.2, -0.15) is 0 Å². The second-order valence-corrected chi connectivity index (χ2v) is 18.1. The second-order valence-electron chi connectivity index (χ2n) is 18.1. The Morgan fingerprint density at radius 1 is 0.373 bits per heavy atom. The van der Waals surface area contributed by atoms with Crippen molar-refractivity contribution < 1.29 is 0 Å². The van der Waals surface area contributed by atoms with Crippen molar-refractivity contribution in [1.82, 2.24) is 9.97 Å². The van der Waals surface area contributed by atoms with Gasteiger partial charge in [-0.15, -0.1) is 0 Å². The molecule has 0 atom stereocenters. The lowest BCUT2D eigenvalue weighted by Gasteiger charge is -2.32. The smallest absolute Gasteiger partial charge is 0.106 e. The van der Waals surface area contributed by atoms with Gasteiger partial charge in [0.1, 0.15) is 5.41 Å². The molecule has 0 saturated carbocycles. The summed E-state index contributed by atoms with van der Waals surface area (Å²) in [5.41, 5.74) is 17.0. The highest BCUT2D eigenvalue weighted by Gasteiger charge is 2.49. The van der Waals surface area contributed by atoms with E-state index in [0.29, 0.717) is 0 Å². The van der Waals surface area contributed by atoms with Crippen LogP contribution >= 0.6 is 0 Å². The Hall–Kier alpha value is -4.82. The Kier molecular flexibility index (Phi) is 6.68. The predicted octanol–water partition coefficient (Wildman–Crippen LogP) is 12.1. The molecule has 2 nitrogen and oxygen atoms in total. The highest BCUT2D eigenvalue weighted by molar-refractivity contribution is 5.86. The van der Waals surface area contributed by atoms with E-state index >= 15 is 0 Å². The van der Waals surface area contributed by atoms with Crippen LogP contribution in [0.4, 0.5) is 0 Å². The minimum atomic E-state index is -0.685. The van der Waals surface area contributed by atoms with E-state index in [1.54, 1.807) is 0 Å². The lowest BCUT2D eigenvalue weighted by Crippen LogP contribution is -2.31. The summed E-state index contributed by atoms with van der Waals surface area (Å²) in [7, 11) is 0. The first-order valence-electron chi connectivity index (χ1n) is 18.7. The van der Waals surface area contributed by atoms with Crippen LogP contribution in [0.15, 0.2) is 121 Å². The molecule has 3 aliphatic carbocycles. The molecule has 0 amide bonds. The highest BCUT2D eigenvalue weighted by atomic mass is 14.8. The number of benzene rings is 4. The molecule has 0 spiro atoms. The molecule has 9 rings (SSSR count). The van der Waals surface area contributed by atoms with E-state index in [9.17, 15) is 0 Å². The molecule has 0 saturated heterocycles. The number of hydrogen-bond donors (Lipinski definition) is 0. The molecule has 4 aromatic carbocycles. The summed E-state index contributed by atoms with van der Waals surface area (Å²) in [5.74, 6) is 0. The molecular formula is C49H48N2. The van der Waals surface area contributed by atoms with Crippen LogP contribution in [0.5, 0.6) is 0 Å². The topological polar surface area (TPSA) is 25.8 Å². The number of rotatable bonds is 4. The fourth-order valence-corrected chi connectivity index (χ4v) is 10.8. The first-order chi connectivity index (χ1) is 24.2. The van der Waals surface area contributed by atoms with Gasteiger partial charge in [0.05, 0.1) is 22.8 Å². The van der Waals surface area contributed by atoms with Crippen LogP contribution in [0.3, 0.4) is 0 Å². The summed E-state index contributed by atoms with van der Waals surface area (Å²) < 4.78 is 0. The molecule has 2 heteroatoms. The van der Waals surface area contributed by atoms with Crippen LogP contribution in [0.1, 0.15) is 113 Å². The van der Waals surface area contributed by atoms with Gasteiger partial charge in [0.2, 0.25) is 0 Å². The van der Waals surface area contributed by atoms with Crippen molar-refractivity contribution in [1.29, 1.82) is 0 Å². The molecule has 6 aromatic rings. The Morgan fingerprint density at radius 3 is 1.20 bits per heavy atom. The standard InChI is InChI=1S/C49H48N2/c1-45(2)29-47(5,6)39-27-31(23-25-37(39)45)41-19-13-21-43(50-41)49(35-17-11-9-15-33(35)34-16-10-12-18-36(34)49)44-22-14-20-42(51-44)32-24-26-38-40(28-32)48(7,8)30-46(38,3)4/h9-28H,29-30H2,1-8H3. The zero-order valence-corrected chi connectivity index (χ0v) is 31.4. The van der Waals surface area contributed by atoms with Crippen LogP contribution in [0, 0.1) is 0 Å². The summed E-state index contributed by atoms with van der Waals surface area (Å²) in [6.45, 7) is 19.1. The molecule has 0 radical (unpaired) electrons. The van der Waals surface area contributed by atoms with Crippen molar-refractivity contribution in [3.05, 3.63) is 166 Å². The van der Waals surface area contributed by atoms with Gasteiger partial charge in [-0.1, -0.05) is 140 Å². The average Bonchev–Trinajstić information content (AvgIpc) is 3.59. The lowest BCUT2D eigenvalue weighted by atomic mass is 9.72. The third kappa shape index (κ3) is 4.61. The fourth-order valence-electron chi connectivity index (χ4n) is 10.8. The summed E-state index contributed by atoms with van der Waals surface area (Å²) in [6.07, 6.45) is 2.29. The van der Waals surface area contributed by atoms with Gasteiger partial charge in [-0.3, -0.25) is 9.97 Å². The van der Waals surface area contributed by atoms with Gasteiger partial charge < -0.3 is 0 Å². The van der Waals surface area contributed by atoms with Gasteiger partial charge in [-0.05, 0) is 115 Å². The minimum Gasteiger partial charge on any atom is -0.251 e. The lowest BCUT2D eigenvalue weighted by molar-refractivity contribution is 0.402. The zero-order chi connectivity index (χ0) is 35.6. The summed E-state index contributed by atoms with van der Waals surface area (Å²) in [4.78, 5) is 11.3. The molecular weight excluding hydrogens is 617 g/mol. The fraction of sp³-hybridized carbons (Fsp3) is 0.306. The Balaban J connectivity index is 1.26. The highest BCUT2D eigenvalue weighted by Crippen LogP contribution is 2.56. The zero-order valence-electron chi connectivity index (χ0n) is 31.4. The van der Waals surface area contributed by atoms with Crippen LogP contribution in [0.2, 0.25) is 0 Å². The van der Waals surface area contributed by atoms with Crippen LogP contribution in [0.25, 0.3) is 33.6 Å². The number of pyridine rings is 2. The molecule has 3 aliphatic rings. The van der Waals surface area contributed by atoms with Crippen molar-refractivity contribution in [2.45, 2.75) is 95.3 Å². The Morgan fingerprint density at radius 2 is 0.765 bits per heavy atom. The van der Waals surface area contributed by atoms with E-state index in [1.165, 1.54) is 55.6 Å². The Bertz CT molecular complexity index is 2220. The molecule has 0 N–H and O–H groups in total. The van der Waals surface area contributed by atoms with Crippen molar-refractivity contribution >= 4 is 0 Å². The summed E-state index contributed by atoms with van der Waals surface area (Å²) >= 11 is 0. The molecule has 0 bridgehead atoms. The molecule has 0 unspecified atom stereocenters. The maximum atomic E-state index is 5.63. The van der Waals surface area contributed by atoms with Crippen LogP contribution in [-0.4, -0.2) is 9.97 Å². The van der Waals surface area contributed by atoms with E-state index in [2.05, 4.69) is 177 Å². The molecule has 2 heterocycles. The van der Waals surface area contributed by atoms with Crippen molar-refractivity contribution in [2.75, 3.05) is 0 Å². The third-order valence-corrected chi connectivity index (χ3v) is 12.5. The largest absolute Gasteiger partial charge is 0.251 e. The molecule has 51 heavy (non-hydrogen) atoms. The number of hydrogen-bond acceptors (Lipinski definition) is 2. The minimum absolute atomic E-state index is 0.115. The van der Waals surface area contributed by atoms with Gasteiger partial charge >= 0.3 is 0 Å². The number of fused-ring (bicyclic) bond motifs is 5. The van der Waals surface area contributed by atoms with E-state index in [0.717, 1.165) is 35.6 Å². The van der Waals surface area contributed by atoms with E-state index in [4.69, 9.17) is 9.97 Å². The van der Waals surface area contributed by atoms with E-state index in [-0.39, 0.29) is 21.7 Å². The first kappa shape index (κ1) is 32.1. The summed E-state index contributed by atoms with van der Waals surface area (Å²) in [5, 5.41) is 0. The maximum absolute atomic E-state index is 5.63. The average molecular weight is 665 g/mol. The maximum Gasteiger partial charge on any atom is 0.106 e. The molecule has 0 fully saturated rings. The number of aromatic nitrogens is 2. The Labute approximate surface area is 304 Å². The summed E-state index contributed by atoms with van der Waals surface area (Å²) in [6, 6.07) is 45.0. The van der Waals surface area contributed by atoms with Gasteiger partial charge in [0, 0.05) is 11.1 Å². The van der Waals surface area contributed by atoms with Gasteiger partial charge in [0.25, 0.3) is 0 Å². The van der Waals surface area contributed by atoms with Crippen molar-refractivity contribution in [2.24, 2.45) is 0 Å². The van der Waals surface area contributed by atoms with E-state index < -0.39 is 5.41 Å². The molecule has 254 valence electrons. The molecule has 0 aliphatic heterocycles. The normalized spacial score (nSPS) is 19.2. The number of nitrogens with zero attached hydrogens (tertiary/aromatic N) is 2. The monoisotopic (exact) mass is 664 g/mol.